The topological polar surface area (TPSA) is 54.0 Å². The molecule has 140 valence electrons. The van der Waals surface area contributed by atoms with E-state index in [0.717, 1.165) is 55.4 Å². The summed E-state index contributed by atoms with van der Waals surface area (Å²) in [5.74, 6) is 0. The first-order valence-electron chi connectivity index (χ1n) is 9.16. The summed E-state index contributed by atoms with van der Waals surface area (Å²) in [6.45, 7) is 0. The zero-order valence-electron chi connectivity index (χ0n) is 15.2. The summed E-state index contributed by atoms with van der Waals surface area (Å²) in [5.41, 5.74) is 5.40. The van der Waals surface area contributed by atoms with Crippen molar-refractivity contribution >= 4 is 32.6 Å². The zero-order chi connectivity index (χ0) is 18.5. The van der Waals surface area contributed by atoms with Gasteiger partial charge in [0.25, 0.3) is 0 Å². The molecule has 0 aliphatic carbocycles. The molecule has 0 unspecified atom stereocenters. The van der Waals surface area contributed by atoms with E-state index in [1.165, 1.54) is 0 Å². The van der Waals surface area contributed by atoms with Gasteiger partial charge in [0.05, 0.1) is 11.0 Å². The quantitative estimate of drug-likeness (QED) is 0.278. The van der Waals surface area contributed by atoms with Crippen molar-refractivity contribution in [1.29, 1.82) is 0 Å². The first-order valence-corrected chi connectivity index (χ1v) is 9.16. The van der Waals surface area contributed by atoms with Crippen LogP contribution in [0.3, 0.4) is 0 Å². The van der Waals surface area contributed by atoms with Gasteiger partial charge in [0.2, 0.25) is 0 Å². The van der Waals surface area contributed by atoms with Gasteiger partial charge >= 0.3 is 21.1 Å². The SMILES string of the molecule is [Pt+2].c1c[n-]c(-c2ccc3ccc4ccc5ccc(-c6ccc[n-]6)nc5c4c3n2)c1. The molecule has 6 aromatic rings. The molecule has 0 atom stereocenters. The summed E-state index contributed by atoms with van der Waals surface area (Å²) in [6, 6.07) is 24.6. The van der Waals surface area contributed by atoms with E-state index in [9.17, 15) is 0 Å². The van der Waals surface area contributed by atoms with Gasteiger partial charge in [-0.25, -0.2) is 9.97 Å². The van der Waals surface area contributed by atoms with Gasteiger partial charge in [-0.1, -0.05) is 60.7 Å². The molecular weight excluding hydrogens is 539 g/mol. The molecule has 0 radical (unpaired) electrons. The summed E-state index contributed by atoms with van der Waals surface area (Å²) >= 11 is 0. The average molecular weight is 553 g/mol. The second-order valence-electron chi connectivity index (χ2n) is 6.81. The van der Waals surface area contributed by atoms with Gasteiger partial charge < -0.3 is 9.97 Å². The molecule has 0 N–H and O–H groups in total. The number of hydrogen-bond acceptors (Lipinski definition) is 2. The maximum Gasteiger partial charge on any atom is 2.00 e. The first-order chi connectivity index (χ1) is 13.9. The summed E-state index contributed by atoms with van der Waals surface area (Å²) in [5, 5.41) is 4.37. The van der Waals surface area contributed by atoms with Crippen LogP contribution in [0.5, 0.6) is 0 Å². The van der Waals surface area contributed by atoms with Crippen molar-refractivity contribution in [1.82, 2.24) is 19.9 Å². The smallest absolute Gasteiger partial charge is 0.662 e. The van der Waals surface area contributed by atoms with Crippen LogP contribution in [0.1, 0.15) is 0 Å². The molecule has 29 heavy (non-hydrogen) atoms. The standard InChI is InChI=1S/C24H14N4.Pt/c1-3-18(25-13-1)20-11-9-16-7-5-15-6-8-17-10-12-21(19-4-2-14-26-19)28-24(17)22(15)23(16)27-20;/h1-14H;/q-2;+2. The molecule has 0 aliphatic heterocycles. The Hall–Kier alpha value is -3.23. The van der Waals surface area contributed by atoms with Crippen molar-refractivity contribution in [3.05, 3.63) is 85.2 Å². The molecule has 0 saturated heterocycles. The third kappa shape index (κ3) is 2.88. The Morgan fingerprint density at radius 1 is 0.517 bits per heavy atom. The van der Waals surface area contributed by atoms with E-state index in [4.69, 9.17) is 9.97 Å². The van der Waals surface area contributed by atoms with Crippen LogP contribution in [0.4, 0.5) is 0 Å². The van der Waals surface area contributed by atoms with E-state index in [1.54, 1.807) is 12.4 Å². The number of benzene rings is 2. The van der Waals surface area contributed by atoms with Crippen LogP contribution in [0.25, 0.3) is 55.4 Å². The molecule has 0 spiro atoms. The third-order valence-corrected chi connectivity index (χ3v) is 5.13. The average Bonchev–Trinajstić information content (AvgIpc) is 3.46. The molecule has 0 bridgehead atoms. The van der Waals surface area contributed by atoms with Crippen LogP contribution in [0, 0.1) is 0 Å². The molecule has 4 heterocycles. The van der Waals surface area contributed by atoms with Crippen molar-refractivity contribution in [3.8, 4) is 22.8 Å². The molecule has 4 nitrogen and oxygen atoms in total. The van der Waals surface area contributed by atoms with Crippen molar-refractivity contribution in [3.63, 3.8) is 0 Å². The molecule has 0 aliphatic rings. The Morgan fingerprint density at radius 2 is 0.966 bits per heavy atom. The van der Waals surface area contributed by atoms with Gasteiger partial charge in [-0.2, -0.15) is 12.4 Å². The molecule has 2 aromatic carbocycles. The van der Waals surface area contributed by atoms with Crippen LogP contribution in [0.15, 0.2) is 85.2 Å². The molecule has 4 aromatic heterocycles. The Bertz CT molecular complexity index is 1340. The zero-order valence-corrected chi connectivity index (χ0v) is 17.5. The number of nitrogens with zero attached hydrogens (tertiary/aromatic N) is 4. The van der Waals surface area contributed by atoms with Crippen molar-refractivity contribution in [2.24, 2.45) is 0 Å². The minimum absolute atomic E-state index is 0. The number of fused-ring (bicyclic) bond motifs is 5. The Balaban J connectivity index is 0.00000181. The third-order valence-electron chi connectivity index (χ3n) is 5.13. The van der Waals surface area contributed by atoms with Crippen LogP contribution >= 0.6 is 0 Å². The van der Waals surface area contributed by atoms with Gasteiger partial charge in [0, 0.05) is 27.5 Å². The van der Waals surface area contributed by atoms with Crippen molar-refractivity contribution in [2.75, 3.05) is 0 Å². The molecule has 5 heteroatoms. The van der Waals surface area contributed by atoms with E-state index < -0.39 is 0 Å². The molecule has 0 saturated carbocycles. The fourth-order valence-electron chi connectivity index (χ4n) is 3.77. The van der Waals surface area contributed by atoms with E-state index >= 15 is 0 Å². The number of hydrogen-bond donors (Lipinski definition) is 0. The predicted molar refractivity (Wildman–Crippen MR) is 112 cm³/mol. The monoisotopic (exact) mass is 553 g/mol. The first kappa shape index (κ1) is 17.8. The maximum absolute atomic E-state index is 4.97. The Morgan fingerprint density at radius 3 is 1.41 bits per heavy atom. The predicted octanol–water partition coefficient (Wildman–Crippen LogP) is 5.18. The minimum atomic E-state index is 0. The van der Waals surface area contributed by atoms with Crippen LogP contribution < -0.4 is 9.97 Å². The molecule has 0 amide bonds. The Labute approximate surface area is 181 Å². The second kappa shape index (κ2) is 6.98. The number of rotatable bonds is 2. The second-order valence-corrected chi connectivity index (χ2v) is 6.81. The van der Waals surface area contributed by atoms with Gasteiger partial charge in [0.15, 0.2) is 0 Å². The number of aromatic nitrogens is 4. The van der Waals surface area contributed by atoms with E-state index in [-0.39, 0.29) is 21.1 Å². The molecule has 6 rings (SSSR count). The number of pyridine rings is 2. The van der Waals surface area contributed by atoms with Crippen LogP contribution in [0.2, 0.25) is 0 Å². The fourth-order valence-corrected chi connectivity index (χ4v) is 3.77. The summed E-state index contributed by atoms with van der Waals surface area (Å²) < 4.78 is 0. The molecular formula is C24H14N4Pt. The van der Waals surface area contributed by atoms with E-state index in [1.807, 2.05) is 36.4 Å². The van der Waals surface area contributed by atoms with E-state index in [2.05, 4.69) is 46.4 Å². The van der Waals surface area contributed by atoms with E-state index in [0.29, 0.717) is 0 Å². The van der Waals surface area contributed by atoms with Gasteiger partial charge in [-0.15, -0.1) is 11.4 Å². The Kier molecular flexibility index (Phi) is 4.29. The van der Waals surface area contributed by atoms with Gasteiger partial charge in [-0.05, 0) is 17.5 Å². The molecule has 0 fully saturated rings. The summed E-state index contributed by atoms with van der Waals surface area (Å²) in [4.78, 5) is 18.7. The van der Waals surface area contributed by atoms with Crippen LogP contribution in [-0.2, 0) is 21.1 Å². The maximum atomic E-state index is 4.97. The van der Waals surface area contributed by atoms with Crippen LogP contribution in [-0.4, -0.2) is 9.97 Å². The normalized spacial score (nSPS) is 11.2. The minimum Gasteiger partial charge on any atom is -0.662 e. The van der Waals surface area contributed by atoms with Gasteiger partial charge in [-0.3, -0.25) is 0 Å². The largest absolute Gasteiger partial charge is 2.00 e. The van der Waals surface area contributed by atoms with Gasteiger partial charge in [0.1, 0.15) is 0 Å². The summed E-state index contributed by atoms with van der Waals surface area (Å²) in [6.07, 6.45) is 3.58. The van der Waals surface area contributed by atoms with Crippen molar-refractivity contribution in [2.45, 2.75) is 0 Å². The fraction of sp³-hybridized carbons (Fsp3) is 0. The summed E-state index contributed by atoms with van der Waals surface area (Å²) in [7, 11) is 0. The van der Waals surface area contributed by atoms with Crippen molar-refractivity contribution < 1.29 is 21.1 Å².